The molecule has 0 radical (unpaired) electrons. The largest absolute Gasteiger partial charge is 0.388 e. The monoisotopic (exact) mass is 206 g/mol. The molecule has 6 heteroatoms. The fourth-order valence-electron chi connectivity index (χ4n) is 1.26. The van der Waals surface area contributed by atoms with E-state index in [4.69, 9.17) is 14.6 Å². The minimum Gasteiger partial charge on any atom is -0.388 e. The van der Waals surface area contributed by atoms with Crippen LogP contribution in [0.25, 0.3) is 0 Å². The van der Waals surface area contributed by atoms with Crippen LogP contribution in [-0.4, -0.2) is 58.9 Å². The molecule has 0 spiro atoms. The standard InChI is InChI=1S/C8H14O6/c1-4-13-3-6(11)8(14-4)7(12)5(10)2-9/h2,4-8,10-12H,3H2,1H3/t4?,5-,6+,7+,8+/m0/s1. The molecule has 0 bridgehead atoms. The highest BCUT2D eigenvalue weighted by Crippen LogP contribution is 2.17. The minimum atomic E-state index is -1.56. The number of aldehydes is 1. The maximum Gasteiger partial charge on any atom is 0.155 e. The fraction of sp³-hybridized carbons (Fsp3) is 0.875. The molecule has 0 aliphatic carbocycles. The fourth-order valence-corrected chi connectivity index (χ4v) is 1.26. The maximum atomic E-state index is 10.2. The summed E-state index contributed by atoms with van der Waals surface area (Å²) in [7, 11) is 0. The van der Waals surface area contributed by atoms with E-state index in [0.29, 0.717) is 0 Å². The molecule has 6 nitrogen and oxygen atoms in total. The van der Waals surface area contributed by atoms with E-state index in [2.05, 4.69) is 0 Å². The molecule has 1 unspecified atom stereocenters. The molecular formula is C8H14O6. The second kappa shape index (κ2) is 4.81. The van der Waals surface area contributed by atoms with E-state index < -0.39 is 30.7 Å². The van der Waals surface area contributed by atoms with Gasteiger partial charge < -0.3 is 29.6 Å². The average Bonchev–Trinajstić information content (AvgIpc) is 2.19. The molecule has 1 aliphatic rings. The van der Waals surface area contributed by atoms with E-state index in [-0.39, 0.29) is 12.9 Å². The van der Waals surface area contributed by atoms with Crippen molar-refractivity contribution >= 4 is 6.29 Å². The molecule has 82 valence electrons. The molecule has 0 saturated carbocycles. The van der Waals surface area contributed by atoms with Crippen molar-refractivity contribution in [2.75, 3.05) is 6.61 Å². The second-order valence-electron chi connectivity index (χ2n) is 3.19. The smallest absolute Gasteiger partial charge is 0.155 e. The van der Waals surface area contributed by atoms with Crippen LogP contribution in [0.3, 0.4) is 0 Å². The van der Waals surface area contributed by atoms with Gasteiger partial charge >= 0.3 is 0 Å². The first kappa shape index (κ1) is 11.5. The van der Waals surface area contributed by atoms with Gasteiger partial charge in [-0.1, -0.05) is 0 Å². The summed E-state index contributed by atoms with van der Waals surface area (Å²) >= 11 is 0. The molecule has 3 N–H and O–H groups in total. The summed E-state index contributed by atoms with van der Waals surface area (Å²) in [6.07, 6.45) is -5.42. The lowest BCUT2D eigenvalue weighted by Gasteiger charge is -2.35. The third-order valence-corrected chi connectivity index (χ3v) is 2.06. The molecule has 0 amide bonds. The van der Waals surface area contributed by atoms with E-state index >= 15 is 0 Å². The highest BCUT2D eigenvalue weighted by molar-refractivity contribution is 5.56. The lowest BCUT2D eigenvalue weighted by atomic mass is 10.0. The van der Waals surface area contributed by atoms with Crippen molar-refractivity contribution in [2.45, 2.75) is 37.6 Å². The molecule has 0 aromatic carbocycles. The van der Waals surface area contributed by atoms with Gasteiger partial charge in [0, 0.05) is 0 Å². The third kappa shape index (κ3) is 2.49. The maximum absolute atomic E-state index is 10.2. The Morgan fingerprint density at radius 2 is 2.14 bits per heavy atom. The van der Waals surface area contributed by atoms with Gasteiger partial charge in [-0.2, -0.15) is 0 Å². The lowest BCUT2D eigenvalue weighted by Crippen LogP contribution is -2.53. The molecule has 1 fully saturated rings. The summed E-state index contributed by atoms with van der Waals surface area (Å²) in [6.45, 7) is 1.60. The van der Waals surface area contributed by atoms with Crippen molar-refractivity contribution in [3.63, 3.8) is 0 Å². The van der Waals surface area contributed by atoms with E-state index in [1.807, 2.05) is 0 Å². The van der Waals surface area contributed by atoms with Crippen LogP contribution in [-0.2, 0) is 14.3 Å². The third-order valence-electron chi connectivity index (χ3n) is 2.06. The predicted octanol–water partition coefficient (Wildman–Crippen LogP) is -1.97. The average molecular weight is 206 g/mol. The van der Waals surface area contributed by atoms with E-state index in [9.17, 15) is 15.0 Å². The molecule has 5 atom stereocenters. The van der Waals surface area contributed by atoms with Crippen molar-refractivity contribution in [1.82, 2.24) is 0 Å². The highest BCUT2D eigenvalue weighted by Gasteiger charge is 2.37. The zero-order valence-corrected chi connectivity index (χ0v) is 7.74. The SMILES string of the molecule is CC1OC[C@@H](O)[C@H]([C@H](O)[C@@H](O)C=O)O1. The summed E-state index contributed by atoms with van der Waals surface area (Å²) in [6, 6.07) is 0. The minimum absolute atomic E-state index is 0.00840. The van der Waals surface area contributed by atoms with Crippen molar-refractivity contribution in [2.24, 2.45) is 0 Å². The summed E-state index contributed by atoms with van der Waals surface area (Å²) in [4.78, 5) is 10.2. The van der Waals surface area contributed by atoms with Crippen molar-refractivity contribution in [3.8, 4) is 0 Å². The van der Waals surface area contributed by atoms with Gasteiger partial charge in [0.15, 0.2) is 12.6 Å². The normalized spacial score (nSPS) is 37.6. The van der Waals surface area contributed by atoms with Gasteiger partial charge in [0.25, 0.3) is 0 Å². The zero-order chi connectivity index (χ0) is 10.7. The van der Waals surface area contributed by atoms with Crippen LogP contribution in [0.1, 0.15) is 6.92 Å². The van der Waals surface area contributed by atoms with Crippen LogP contribution in [0, 0.1) is 0 Å². The number of carbonyl (C=O) groups excluding carboxylic acids is 1. The molecule has 1 rings (SSSR count). The Kier molecular flexibility index (Phi) is 3.97. The first-order chi connectivity index (χ1) is 6.56. The van der Waals surface area contributed by atoms with Gasteiger partial charge in [-0.05, 0) is 6.92 Å². The quantitative estimate of drug-likeness (QED) is 0.463. The molecule has 14 heavy (non-hydrogen) atoms. The molecule has 1 heterocycles. The van der Waals surface area contributed by atoms with Crippen molar-refractivity contribution in [3.05, 3.63) is 0 Å². The molecule has 0 aromatic rings. The van der Waals surface area contributed by atoms with Gasteiger partial charge in [-0.3, -0.25) is 0 Å². The summed E-state index contributed by atoms with van der Waals surface area (Å²) in [5.74, 6) is 0. The summed E-state index contributed by atoms with van der Waals surface area (Å²) < 4.78 is 9.97. The zero-order valence-electron chi connectivity index (χ0n) is 7.74. The number of hydrogen-bond acceptors (Lipinski definition) is 6. The Bertz CT molecular complexity index is 196. The number of carbonyl (C=O) groups is 1. The van der Waals surface area contributed by atoms with Crippen LogP contribution < -0.4 is 0 Å². The van der Waals surface area contributed by atoms with Crippen LogP contribution >= 0.6 is 0 Å². The molecule has 0 aromatic heterocycles. The second-order valence-corrected chi connectivity index (χ2v) is 3.19. The number of rotatable bonds is 3. The Hall–Kier alpha value is -0.530. The summed E-state index contributed by atoms with van der Waals surface area (Å²) in [5, 5.41) is 27.8. The van der Waals surface area contributed by atoms with Crippen molar-refractivity contribution in [1.29, 1.82) is 0 Å². The van der Waals surface area contributed by atoms with Crippen LogP contribution in [0.15, 0.2) is 0 Å². The Balaban J connectivity index is 2.59. The number of ether oxygens (including phenoxy) is 2. The Labute approximate surface area is 81.1 Å². The number of aliphatic hydroxyl groups excluding tert-OH is 3. The lowest BCUT2D eigenvalue weighted by molar-refractivity contribution is -0.270. The topological polar surface area (TPSA) is 96.2 Å². The first-order valence-corrected chi connectivity index (χ1v) is 4.33. The molecule has 1 aliphatic heterocycles. The van der Waals surface area contributed by atoms with Crippen molar-refractivity contribution < 1.29 is 29.6 Å². The number of hydrogen-bond donors (Lipinski definition) is 3. The van der Waals surface area contributed by atoms with Gasteiger partial charge in [-0.25, -0.2) is 0 Å². The highest BCUT2D eigenvalue weighted by atomic mass is 16.7. The summed E-state index contributed by atoms with van der Waals surface area (Å²) in [5.41, 5.74) is 0. The predicted molar refractivity (Wildman–Crippen MR) is 44.4 cm³/mol. The Morgan fingerprint density at radius 3 is 2.71 bits per heavy atom. The van der Waals surface area contributed by atoms with Gasteiger partial charge in [0.05, 0.1) is 6.61 Å². The van der Waals surface area contributed by atoms with E-state index in [1.54, 1.807) is 6.92 Å². The van der Waals surface area contributed by atoms with Gasteiger partial charge in [-0.15, -0.1) is 0 Å². The van der Waals surface area contributed by atoms with Crippen LogP contribution in [0.4, 0.5) is 0 Å². The van der Waals surface area contributed by atoms with Crippen LogP contribution in [0.5, 0.6) is 0 Å². The van der Waals surface area contributed by atoms with Crippen LogP contribution in [0.2, 0.25) is 0 Å². The number of aliphatic hydroxyl groups is 3. The van der Waals surface area contributed by atoms with E-state index in [1.165, 1.54) is 0 Å². The molecule has 1 saturated heterocycles. The van der Waals surface area contributed by atoms with Gasteiger partial charge in [0.2, 0.25) is 0 Å². The first-order valence-electron chi connectivity index (χ1n) is 4.33. The van der Waals surface area contributed by atoms with E-state index in [0.717, 1.165) is 0 Å². The Morgan fingerprint density at radius 1 is 1.50 bits per heavy atom. The molecular weight excluding hydrogens is 192 g/mol. The van der Waals surface area contributed by atoms with Gasteiger partial charge in [0.1, 0.15) is 24.4 Å².